The average molecular weight is 275 g/mol. The van der Waals surface area contributed by atoms with Crippen molar-refractivity contribution in [2.45, 2.75) is 11.2 Å². The second-order valence-electron chi connectivity index (χ2n) is 3.96. The van der Waals surface area contributed by atoms with E-state index in [1.807, 2.05) is 31.3 Å². The van der Waals surface area contributed by atoms with Crippen molar-refractivity contribution in [2.24, 2.45) is 0 Å². The van der Waals surface area contributed by atoms with E-state index in [2.05, 4.69) is 21.4 Å². The van der Waals surface area contributed by atoms with E-state index >= 15 is 0 Å². The summed E-state index contributed by atoms with van der Waals surface area (Å²) in [5.74, 6) is 1.74. The lowest BCUT2D eigenvalue weighted by Crippen LogP contribution is -2.18. The van der Waals surface area contributed by atoms with Crippen LogP contribution in [0.15, 0.2) is 47.9 Å². The van der Waals surface area contributed by atoms with Gasteiger partial charge in [0, 0.05) is 24.2 Å². The Morgan fingerprint density at radius 2 is 2.05 bits per heavy atom. The number of hydrogen-bond acceptors (Lipinski definition) is 5. The van der Waals surface area contributed by atoms with Gasteiger partial charge in [0.2, 0.25) is 0 Å². The fourth-order valence-electron chi connectivity index (χ4n) is 1.72. The van der Waals surface area contributed by atoms with Crippen molar-refractivity contribution in [1.29, 1.82) is 0 Å². The van der Waals surface area contributed by atoms with E-state index in [1.165, 1.54) is 5.56 Å². The molecule has 2 rings (SSSR count). The van der Waals surface area contributed by atoms with Crippen LogP contribution in [0.25, 0.3) is 0 Å². The fourth-order valence-corrected chi connectivity index (χ4v) is 2.67. The van der Waals surface area contributed by atoms with Crippen LogP contribution in [-0.4, -0.2) is 29.9 Å². The Morgan fingerprint density at radius 3 is 2.74 bits per heavy atom. The molecule has 1 atom stereocenters. The van der Waals surface area contributed by atoms with Gasteiger partial charge in [-0.15, -0.1) is 0 Å². The van der Waals surface area contributed by atoms with Crippen molar-refractivity contribution in [1.82, 2.24) is 15.3 Å². The van der Waals surface area contributed by atoms with Gasteiger partial charge in [-0.05, 0) is 30.8 Å². The molecule has 0 saturated carbocycles. The van der Waals surface area contributed by atoms with Crippen LogP contribution in [-0.2, 0) is 0 Å². The standard InChI is InChI=1S/C14H17N3OS/c1-15-13(10-19-14-16-7-4-8-17-14)11-5-3-6-12(9-11)18-2/h3-9,13,15H,10H2,1-2H3. The van der Waals surface area contributed by atoms with Crippen LogP contribution in [0, 0.1) is 0 Å². The zero-order valence-corrected chi connectivity index (χ0v) is 11.9. The molecule has 19 heavy (non-hydrogen) atoms. The Labute approximate surface area is 117 Å². The van der Waals surface area contributed by atoms with Crippen LogP contribution >= 0.6 is 11.8 Å². The summed E-state index contributed by atoms with van der Waals surface area (Å²) in [5, 5.41) is 4.10. The van der Waals surface area contributed by atoms with Crippen LogP contribution in [0.1, 0.15) is 11.6 Å². The maximum absolute atomic E-state index is 5.25. The zero-order chi connectivity index (χ0) is 13.5. The van der Waals surface area contributed by atoms with Gasteiger partial charge in [0.1, 0.15) is 5.75 Å². The van der Waals surface area contributed by atoms with Gasteiger partial charge in [0.05, 0.1) is 7.11 Å². The summed E-state index contributed by atoms with van der Waals surface area (Å²) >= 11 is 1.64. The Bertz CT molecular complexity index is 507. The van der Waals surface area contributed by atoms with Crippen molar-refractivity contribution < 1.29 is 4.74 Å². The predicted octanol–water partition coefficient (Wildman–Crippen LogP) is 2.54. The minimum Gasteiger partial charge on any atom is -0.497 e. The van der Waals surface area contributed by atoms with Crippen LogP contribution in [0.3, 0.4) is 0 Å². The van der Waals surface area contributed by atoms with E-state index in [9.17, 15) is 0 Å². The lowest BCUT2D eigenvalue weighted by atomic mass is 10.1. The smallest absolute Gasteiger partial charge is 0.187 e. The maximum atomic E-state index is 5.25. The molecule has 2 aromatic rings. The van der Waals surface area contributed by atoms with Crippen LogP contribution in [0.5, 0.6) is 5.75 Å². The molecule has 0 radical (unpaired) electrons. The van der Waals surface area contributed by atoms with Gasteiger partial charge >= 0.3 is 0 Å². The van der Waals surface area contributed by atoms with Gasteiger partial charge in [-0.25, -0.2) is 9.97 Å². The van der Waals surface area contributed by atoms with E-state index in [1.54, 1.807) is 31.3 Å². The molecule has 1 heterocycles. The molecule has 4 nitrogen and oxygen atoms in total. The number of aromatic nitrogens is 2. The van der Waals surface area contributed by atoms with Crippen LogP contribution < -0.4 is 10.1 Å². The monoisotopic (exact) mass is 275 g/mol. The number of methoxy groups -OCH3 is 1. The molecule has 0 aliphatic heterocycles. The largest absolute Gasteiger partial charge is 0.497 e. The topological polar surface area (TPSA) is 47.0 Å². The third kappa shape index (κ3) is 3.94. The lowest BCUT2D eigenvalue weighted by Gasteiger charge is -2.16. The van der Waals surface area contributed by atoms with E-state index in [0.717, 1.165) is 16.7 Å². The summed E-state index contributed by atoms with van der Waals surface area (Å²) in [6.07, 6.45) is 3.52. The summed E-state index contributed by atoms with van der Waals surface area (Å²) in [6.45, 7) is 0. The molecule has 1 N–H and O–H groups in total. The highest BCUT2D eigenvalue weighted by molar-refractivity contribution is 7.99. The molecule has 1 aromatic carbocycles. The lowest BCUT2D eigenvalue weighted by molar-refractivity contribution is 0.413. The van der Waals surface area contributed by atoms with E-state index in [-0.39, 0.29) is 6.04 Å². The van der Waals surface area contributed by atoms with Gasteiger partial charge in [0.15, 0.2) is 5.16 Å². The van der Waals surface area contributed by atoms with Crippen molar-refractivity contribution in [3.63, 3.8) is 0 Å². The molecule has 0 bridgehead atoms. The van der Waals surface area contributed by atoms with Crippen molar-refractivity contribution in [3.05, 3.63) is 48.3 Å². The van der Waals surface area contributed by atoms with Crippen molar-refractivity contribution in [2.75, 3.05) is 19.9 Å². The number of ether oxygens (including phenoxy) is 1. The van der Waals surface area contributed by atoms with Crippen molar-refractivity contribution in [3.8, 4) is 5.75 Å². The Hall–Kier alpha value is -1.59. The van der Waals surface area contributed by atoms with Crippen molar-refractivity contribution >= 4 is 11.8 Å². The highest BCUT2D eigenvalue weighted by Crippen LogP contribution is 2.24. The fraction of sp³-hybridized carbons (Fsp3) is 0.286. The highest BCUT2D eigenvalue weighted by Gasteiger charge is 2.11. The van der Waals surface area contributed by atoms with Gasteiger partial charge in [0.25, 0.3) is 0 Å². The summed E-state index contributed by atoms with van der Waals surface area (Å²) in [4.78, 5) is 8.42. The van der Waals surface area contributed by atoms with E-state index in [4.69, 9.17) is 4.74 Å². The zero-order valence-electron chi connectivity index (χ0n) is 11.0. The average Bonchev–Trinajstić information content (AvgIpc) is 2.49. The maximum Gasteiger partial charge on any atom is 0.187 e. The van der Waals surface area contributed by atoms with Gasteiger partial charge in [-0.1, -0.05) is 23.9 Å². The molecule has 0 spiro atoms. The molecule has 1 aromatic heterocycles. The third-order valence-corrected chi connectivity index (χ3v) is 3.73. The summed E-state index contributed by atoms with van der Waals surface area (Å²) < 4.78 is 5.25. The summed E-state index contributed by atoms with van der Waals surface area (Å²) in [7, 11) is 3.64. The van der Waals surface area contributed by atoms with Crippen LogP contribution in [0.4, 0.5) is 0 Å². The quantitative estimate of drug-likeness (QED) is 0.648. The Morgan fingerprint density at radius 1 is 1.26 bits per heavy atom. The number of nitrogens with one attached hydrogen (secondary N) is 1. The van der Waals surface area contributed by atoms with Crippen LogP contribution in [0.2, 0.25) is 0 Å². The predicted molar refractivity (Wildman–Crippen MR) is 77.6 cm³/mol. The molecule has 0 aliphatic rings. The molecular weight excluding hydrogens is 258 g/mol. The second-order valence-corrected chi connectivity index (χ2v) is 4.95. The highest BCUT2D eigenvalue weighted by atomic mass is 32.2. The van der Waals surface area contributed by atoms with E-state index < -0.39 is 0 Å². The number of thioether (sulfide) groups is 1. The first-order valence-electron chi connectivity index (χ1n) is 6.04. The van der Waals surface area contributed by atoms with Gasteiger partial charge in [-0.3, -0.25) is 0 Å². The molecule has 0 saturated heterocycles. The van der Waals surface area contributed by atoms with Gasteiger partial charge in [-0.2, -0.15) is 0 Å². The first-order valence-corrected chi connectivity index (χ1v) is 7.03. The number of hydrogen-bond donors (Lipinski definition) is 1. The molecule has 0 fully saturated rings. The molecular formula is C14H17N3OS. The summed E-state index contributed by atoms with van der Waals surface area (Å²) in [6, 6.07) is 10.2. The molecule has 1 unspecified atom stereocenters. The minimum atomic E-state index is 0.240. The Kier molecular flexibility index (Phi) is 5.18. The van der Waals surface area contributed by atoms with Gasteiger partial charge < -0.3 is 10.1 Å². The summed E-state index contributed by atoms with van der Waals surface area (Å²) in [5.41, 5.74) is 1.20. The number of benzene rings is 1. The van der Waals surface area contributed by atoms with E-state index in [0.29, 0.717) is 0 Å². The Balaban J connectivity index is 2.03. The molecule has 5 heteroatoms. The molecule has 0 aliphatic carbocycles. The number of rotatable bonds is 6. The SMILES string of the molecule is CNC(CSc1ncccn1)c1cccc(OC)c1. The molecule has 100 valence electrons. The normalized spacial score (nSPS) is 12.1. The second kappa shape index (κ2) is 7.11. The third-order valence-electron chi connectivity index (χ3n) is 2.77. The first kappa shape index (κ1) is 13.8. The minimum absolute atomic E-state index is 0.240. The number of nitrogens with zero attached hydrogens (tertiary/aromatic N) is 2. The first-order chi connectivity index (χ1) is 9.33. The molecule has 0 amide bonds.